The van der Waals surface area contributed by atoms with Gasteiger partial charge in [0.25, 0.3) is 0 Å². The van der Waals surface area contributed by atoms with Crippen LogP contribution in [0.2, 0.25) is 0 Å². The van der Waals surface area contributed by atoms with E-state index in [4.69, 9.17) is 9.47 Å². The number of nitrogens with zero attached hydrogens (tertiary/aromatic N) is 3. The van der Waals surface area contributed by atoms with Crippen molar-refractivity contribution in [1.82, 2.24) is 0 Å². The van der Waals surface area contributed by atoms with Gasteiger partial charge < -0.3 is 14.4 Å². The van der Waals surface area contributed by atoms with E-state index in [1.807, 2.05) is 6.92 Å². The predicted octanol–water partition coefficient (Wildman–Crippen LogP) is 6.17. The lowest BCUT2D eigenvalue weighted by Gasteiger charge is -2.34. The van der Waals surface area contributed by atoms with Crippen LogP contribution in [-0.2, 0) is 0 Å². The summed E-state index contributed by atoms with van der Waals surface area (Å²) in [5.74, 6) is -1.74. The van der Waals surface area contributed by atoms with Crippen molar-refractivity contribution in [2.75, 3.05) is 30.1 Å². The van der Waals surface area contributed by atoms with E-state index >= 15 is 0 Å². The standard InChI is InChI=1S/C25H28F5N3O2/c1-4-21-15(2)24(25(28,29)30)31-33(21)16-5-7-17(8-6-16)35-18-9-11-32(12-10-18)22-14-19(34-3)13-20(26)23(22)27/h5-8,13-15,18,21H,4,9-12H2,1-3H3/t15-,21-/m0/s1. The van der Waals surface area contributed by atoms with E-state index in [0.717, 1.165) is 6.07 Å². The molecule has 2 aromatic rings. The van der Waals surface area contributed by atoms with E-state index in [9.17, 15) is 22.0 Å². The predicted molar refractivity (Wildman–Crippen MR) is 124 cm³/mol. The second-order valence-electron chi connectivity index (χ2n) is 8.83. The molecule has 1 fully saturated rings. The third-order valence-corrected chi connectivity index (χ3v) is 6.65. The number of hydrazone groups is 1. The van der Waals surface area contributed by atoms with Gasteiger partial charge in [-0.2, -0.15) is 18.3 Å². The molecule has 0 aliphatic carbocycles. The van der Waals surface area contributed by atoms with Crippen LogP contribution in [0.3, 0.4) is 0 Å². The number of halogens is 5. The van der Waals surface area contributed by atoms with Gasteiger partial charge >= 0.3 is 6.18 Å². The maximum atomic E-state index is 14.3. The second-order valence-corrected chi connectivity index (χ2v) is 8.83. The Kier molecular flexibility index (Phi) is 7.10. The van der Waals surface area contributed by atoms with Gasteiger partial charge in [-0.15, -0.1) is 0 Å². The van der Waals surface area contributed by atoms with E-state index in [2.05, 4.69) is 5.10 Å². The number of piperidine rings is 1. The molecule has 0 N–H and O–H groups in total. The van der Waals surface area contributed by atoms with Gasteiger partial charge in [0.05, 0.1) is 24.5 Å². The number of hydrogen-bond acceptors (Lipinski definition) is 5. The summed E-state index contributed by atoms with van der Waals surface area (Å²) in [7, 11) is 1.40. The minimum Gasteiger partial charge on any atom is -0.497 e. The Bertz CT molecular complexity index is 1070. The summed E-state index contributed by atoms with van der Waals surface area (Å²) in [4.78, 5) is 1.76. The number of ether oxygens (including phenoxy) is 2. The average Bonchev–Trinajstić information content (AvgIpc) is 3.18. The normalized spacial score (nSPS) is 21.3. The monoisotopic (exact) mass is 497 g/mol. The molecule has 1 saturated heterocycles. The molecule has 4 rings (SSSR count). The Morgan fingerprint density at radius 3 is 2.26 bits per heavy atom. The molecule has 5 nitrogen and oxygen atoms in total. The number of alkyl halides is 3. The summed E-state index contributed by atoms with van der Waals surface area (Å²) in [5.41, 5.74) is -0.0295. The fourth-order valence-corrected chi connectivity index (χ4v) is 4.75. The van der Waals surface area contributed by atoms with Crippen LogP contribution in [0.5, 0.6) is 11.5 Å². The van der Waals surface area contributed by atoms with Crippen LogP contribution >= 0.6 is 0 Å². The molecule has 190 valence electrons. The molecule has 0 bridgehead atoms. The molecule has 0 radical (unpaired) electrons. The first-order chi connectivity index (χ1) is 16.6. The van der Waals surface area contributed by atoms with Crippen molar-refractivity contribution in [3.8, 4) is 11.5 Å². The summed E-state index contributed by atoms with van der Waals surface area (Å²) in [6, 6.07) is 8.97. The highest BCUT2D eigenvalue weighted by Crippen LogP contribution is 2.37. The average molecular weight is 498 g/mol. The topological polar surface area (TPSA) is 37.3 Å². The highest BCUT2D eigenvalue weighted by atomic mass is 19.4. The zero-order chi connectivity index (χ0) is 25.3. The zero-order valence-electron chi connectivity index (χ0n) is 19.8. The maximum absolute atomic E-state index is 14.3. The molecule has 0 amide bonds. The largest absolute Gasteiger partial charge is 0.497 e. The van der Waals surface area contributed by atoms with E-state index in [-0.39, 0.29) is 23.6 Å². The van der Waals surface area contributed by atoms with Crippen LogP contribution in [-0.4, -0.2) is 44.2 Å². The van der Waals surface area contributed by atoms with Crippen LogP contribution in [0, 0.1) is 17.6 Å². The van der Waals surface area contributed by atoms with Crippen molar-refractivity contribution in [1.29, 1.82) is 0 Å². The summed E-state index contributed by atoms with van der Waals surface area (Å²) in [5, 5.41) is 5.33. The molecule has 35 heavy (non-hydrogen) atoms. The molecular weight excluding hydrogens is 469 g/mol. The van der Waals surface area contributed by atoms with Crippen LogP contribution in [0.25, 0.3) is 0 Å². The molecule has 2 atom stereocenters. The van der Waals surface area contributed by atoms with E-state index in [1.54, 1.807) is 36.1 Å². The van der Waals surface area contributed by atoms with Gasteiger partial charge in [-0.25, -0.2) is 8.78 Å². The fraction of sp³-hybridized carbons (Fsp3) is 0.480. The molecule has 0 saturated carbocycles. The number of hydrogen-bond donors (Lipinski definition) is 0. The quantitative estimate of drug-likeness (QED) is 0.447. The van der Waals surface area contributed by atoms with Crippen molar-refractivity contribution in [2.24, 2.45) is 11.0 Å². The van der Waals surface area contributed by atoms with Crippen LogP contribution in [0.1, 0.15) is 33.1 Å². The summed E-state index contributed by atoms with van der Waals surface area (Å²) >= 11 is 0. The SMILES string of the molecule is CC[C@H]1[C@H](C)C(C(F)(F)F)=NN1c1ccc(OC2CCN(c3cc(OC)cc(F)c3F)CC2)cc1. The van der Waals surface area contributed by atoms with Gasteiger partial charge in [-0.3, -0.25) is 5.01 Å². The number of anilines is 2. The molecule has 0 unspecified atom stereocenters. The maximum Gasteiger partial charge on any atom is 0.431 e. The van der Waals surface area contributed by atoms with Crippen molar-refractivity contribution >= 4 is 17.1 Å². The van der Waals surface area contributed by atoms with Crippen LogP contribution in [0.15, 0.2) is 41.5 Å². The fourth-order valence-electron chi connectivity index (χ4n) is 4.75. The lowest BCUT2D eigenvalue weighted by atomic mass is 9.95. The van der Waals surface area contributed by atoms with Crippen molar-refractivity contribution in [2.45, 2.75) is 51.4 Å². The number of methoxy groups -OCH3 is 1. The van der Waals surface area contributed by atoms with Gasteiger partial charge in [0, 0.05) is 44.0 Å². The highest BCUT2D eigenvalue weighted by Gasteiger charge is 2.47. The van der Waals surface area contributed by atoms with Gasteiger partial charge in [-0.1, -0.05) is 13.8 Å². The van der Waals surface area contributed by atoms with Gasteiger partial charge in [0.15, 0.2) is 11.6 Å². The van der Waals surface area contributed by atoms with E-state index < -0.39 is 29.4 Å². The minimum absolute atomic E-state index is 0.124. The Balaban J connectivity index is 1.39. The van der Waals surface area contributed by atoms with Gasteiger partial charge in [0.1, 0.15) is 23.3 Å². The molecule has 0 spiro atoms. The summed E-state index contributed by atoms with van der Waals surface area (Å²) in [6.07, 6.45) is -2.86. The first kappa shape index (κ1) is 25.1. The molecule has 2 aliphatic heterocycles. The van der Waals surface area contributed by atoms with Gasteiger partial charge in [-0.05, 0) is 30.7 Å². The highest BCUT2D eigenvalue weighted by molar-refractivity contribution is 5.95. The van der Waals surface area contributed by atoms with Gasteiger partial charge in [0.2, 0.25) is 0 Å². The zero-order valence-corrected chi connectivity index (χ0v) is 19.8. The third kappa shape index (κ3) is 5.16. The summed E-state index contributed by atoms with van der Waals surface area (Å²) < 4.78 is 79.2. The lowest BCUT2D eigenvalue weighted by Crippen LogP contribution is -2.38. The Labute approximate surface area is 201 Å². The minimum atomic E-state index is -4.46. The van der Waals surface area contributed by atoms with Crippen LogP contribution < -0.4 is 19.4 Å². The summed E-state index contributed by atoms with van der Waals surface area (Å²) in [6.45, 7) is 4.35. The smallest absolute Gasteiger partial charge is 0.431 e. The van der Waals surface area contributed by atoms with Crippen molar-refractivity contribution < 1.29 is 31.4 Å². The molecule has 2 aliphatic rings. The molecule has 2 heterocycles. The van der Waals surface area contributed by atoms with Crippen molar-refractivity contribution in [3.63, 3.8) is 0 Å². The van der Waals surface area contributed by atoms with Crippen LogP contribution in [0.4, 0.5) is 33.3 Å². The molecular formula is C25H28F5N3O2. The first-order valence-electron chi connectivity index (χ1n) is 11.6. The number of benzene rings is 2. The first-order valence-corrected chi connectivity index (χ1v) is 11.6. The van der Waals surface area contributed by atoms with E-state index in [0.29, 0.717) is 43.8 Å². The van der Waals surface area contributed by atoms with Crippen molar-refractivity contribution in [3.05, 3.63) is 48.0 Å². The molecule has 0 aromatic heterocycles. The second kappa shape index (κ2) is 9.91. The molecule has 2 aromatic carbocycles. The molecule has 10 heteroatoms. The number of rotatable bonds is 6. The Hall–Kier alpha value is -3.04. The van der Waals surface area contributed by atoms with E-state index in [1.165, 1.54) is 18.2 Å². The Morgan fingerprint density at radius 1 is 1.03 bits per heavy atom. The third-order valence-electron chi connectivity index (χ3n) is 6.65. The Morgan fingerprint density at radius 2 is 1.69 bits per heavy atom. The lowest BCUT2D eigenvalue weighted by molar-refractivity contribution is -0.0620.